The molecule has 3 rings (SSSR count). The molecule has 3 heteroatoms. The van der Waals surface area contributed by atoms with Crippen molar-refractivity contribution in [3.8, 4) is 0 Å². The molecule has 0 bridgehead atoms. The highest BCUT2D eigenvalue weighted by Crippen LogP contribution is 2.26. The van der Waals surface area contributed by atoms with Gasteiger partial charge in [-0.05, 0) is 36.1 Å². The van der Waals surface area contributed by atoms with Crippen molar-refractivity contribution in [3.05, 3.63) is 48.0 Å². The van der Waals surface area contributed by atoms with Crippen molar-refractivity contribution in [1.29, 1.82) is 0 Å². The molecule has 2 aromatic rings. The molecule has 1 aliphatic rings. The van der Waals surface area contributed by atoms with Crippen molar-refractivity contribution >= 4 is 16.7 Å². The Morgan fingerprint density at radius 1 is 1.19 bits per heavy atom. The van der Waals surface area contributed by atoms with E-state index in [1.807, 2.05) is 4.90 Å². The zero-order chi connectivity index (χ0) is 14.7. The summed E-state index contributed by atoms with van der Waals surface area (Å²) < 4.78 is 0. The van der Waals surface area contributed by atoms with Crippen LogP contribution in [-0.4, -0.2) is 29.9 Å². The summed E-state index contributed by atoms with van der Waals surface area (Å²) in [6.07, 6.45) is 2.34. The first-order valence-corrected chi connectivity index (χ1v) is 7.76. The lowest BCUT2D eigenvalue weighted by Gasteiger charge is -2.20. The van der Waals surface area contributed by atoms with E-state index in [-0.39, 0.29) is 5.91 Å². The Kier molecular flexibility index (Phi) is 4.20. The van der Waals surface area contributed by atoms with Gasteiger partial charge in [-0.1, -0.05) is 42.5 Å². The van der Waals surface area contributed by atoms with E-state index in [9.17, 15) is 4.79 Å². The maximum Gasteiger partial charge on any atom is 0.236 e. The van der Waals surface area contributed by atoms with Gasteiger partial charge in [0.1, 0.15) is 0 Å². The number of fused-ring (bicyclic) bond motifs is 1. The molecule has 0 spiro atoms. The standard InChI is InChI=1S/C18H22N2O/c1-2-20(16-10-11-16)18(21)13-19-12-15-8-5-7-14-6-3-4-9-17(14)15/h3-9,16,19H,2,10-13H2,1H3. The molecule has 0 radical (unpaired) electrons. The van der Waals surface area contributed by atoms with Gasteiger partial charge in [-0.15, -0.1) is 0 Å². The molecule has 0 unspecified atom stereocenters. The summed E-state index contributed by atoms with van der Waals surface area (Å²) in [5, 5.41) is 5.81. The van der Waals surface area contributed by atoms with Crippen LogP contribution < -0.4 is 5.32 Å². The van der Waals surface area contributed by atoms with Crippen molar-refractivity contribution in [1.82, 2.24) is 10.2 Å². The molecule has 1 amide bonds. The second kappa shape index (κ2) is 6.27. The van der Waals surface area contributed by atoms with Crippen LogP contribution in [0.2, 0.25) is 0 Å². The smallest absolute Gasteiger partial charge is 0.236 e. The first-order valence-electron chi connectivity index (χ1n) is 7.76. The Hall–Kier alpha value is -1.87. The van der Waals surface area contributed by atoms with Gasteiger partial charge in [0.05, 0.1) is 6.54 Å². The minimum atomic E-state index is 0.222. The fourth-order valence-electron chi connectivity index (χ4n) is 2.88. The van der Waals surface area contributed by atoms with Crippen LogP contribution in [0, 0.1) is 0 Å². The summed E-state index contributed by atoms with van der Waals surface area (Å²) in [6.45, 7) is 4.03. The highest BCUT2D eigenvalue weighted by molar-refractivity contribution is 5.85. The number of benzene rings is 2. The minimum Gasteiger partial charge on any atom is -0.339 e. The number of amides is 1. The average molecular weight is 282 g/mol. The summed E-state index contributed by atoms with van der Waals surface area (Å²) in [4.78, 5) is 14.2. The highest BCUT2D eigenvalue weighted by atomic mass is 16.2. The lowest BCUT2D eigenvalue weighted by atomic mass is 10.0. The molecule has 0 atom stereocenters. The predicted octanol–water partition coefficient (Wildman–Crippen LogP) is 2.94. The molecule has 1 saturated carbocycles. The van der Waals surface area contributed by atoms with Gasteiger partial charge in [-0.3, -0.25) is 4.79 Å². The van der Waals surface area contributed by atoms with Gasteiger partial charge in [-0.2, -0.15) is 0 Å². The van der Waals surface area contributed by atoms with Crippen LogP contribution in [0.15, 0.2) is 42.5 Å². The van der Waals surface area contributed by atoms with Crippen molar-refractivity contribution in [2.45, 2.75) is 32.4 Å². The molecule has 3 nitrogen and oxygen atoms in total. The Bertz CT molecular complexity index is 629. The van der Waals surface area contributed by atoms with Crippen molar-refractivity contribution < 1.29 is 4.79 Å². The van der Waals surface area contributed by atoms with Crippen LogP contribution in [0.1, 0.15) is 25.3 Å². The van der Waals surface area contributed by atoms with Crippen LogP contribution in [0.4, 0.5) is 0 Å². The molecular weight excluding hydrogens is 260 g/mol. The van der Waals surface area contributed by atoms with Gasteiger partial charge in [0.25, 0.3) is 0 Å². The minimum absolute atomic E-state index is 0.222. The third-order valence-electron chi connectivity index (χ3n) is 4.12. The number of likely N-dealkylation sites (N-methyl/N-ethyl adjacent to an activating group) is 1. The quantitative estimate of drug-likeness (QED) is 0.883. The molecular formula is C18H22N2O. The Balaban J connectivity index is 1.60. The van der Waals surface area contributed by atoms with E-state index >= 15 is 0 Å². The highest BCUT2D eigenvalue weighted by Gasteiger charge is 2.30. The lowest BCUT2D eigenvalue weighted by molar-refractivity contribution is -0.130. The van der Waals surface area contributed by atoms with E-state index in [0.29, 0.717) is 12.6 Å². The Labute approximate surface area is 125 Å². The number of nitrogens with one attached hydrogen (secondary N) is 1. The molecule has 2 aromatic carbocycles. The van der Waals surface area contributed by atoms with Crippen LogP contribution in [-0.2, 0) is 11.3 Å². The molecule has 1 N–H and O–H groups in total. The molecule has 0 heterocycles. The maximum atomic E-state index is 12.2. The molecule has 0 saturated heterocycles. The fraction of sp³-hybridized carbons (Fsp3) is 0.389. The van der Waals surface area contributed by atoms with Crippen LogP contribution in [0.3, 0.4) is 0 Å². The van der Waals surface area contributed by atoms with Gasteiger partial charge in [0, 0.05) is 19.1 Å². The largest absolute Gasteiger partial charge is 0.339 e. The van der Waals surface area contributed by atoms with E-state index in [0.717, 1.165) is 13.1 Å². The van der Waals surface area contributed by atoms with Crippen molar-refractivity contribution in [2.75, 3.05) is 13.1 Å². The molecule has 1 fully saturated rings. The number of nitrogens with zero attached hydrogens (tertiary/aromatic N) is 1. The third kappa shape index (κ3) is 3.24. The molecule has 110 valence electrons. The zero-order valence-corrected chi connectivity index (χ0v) is 12.5. The zero-order valence-electron chi connectivity index (χ0n) is 12.5. The fourth-order valence-corrected chi connectivity index (χ4v) is 2.88. The molecule has 0 aliphatic heterocycles. The Morgan fingerprint density at radius 2 is 1.95 bits per heavy atom. The number of carbonyl (C=O) groups is 1. The molecule has 0 aromatic heterocycles. The average Bonchev–Trinajstić information content (AvgIpc) is 3.33. The van der Waals surface area contributed by atoms with E-state index < -0.39 is 0 Å². The van der Waals surface area contributed by atoms with Crippen molar-refractivity contribution in [3.63, 3.8) is 0 Å². The molecule has 1 aliphatic carbocycles. The third-order valence-corrected chi connectivity index (χ3v) is 4.12. The van der Waals surface area contributed by atoms with Gasteiger partial charge >= 0.3 is 0 Å². The lowest BCUT2D eigenvalue weighted by Crippen LogP contribution is -2.39. The topological polar surface area (TPSA) is 32.3 Å². The number of hydrogen-bond donors (Lipinski definition) is 1. The Morgan fingerprint density at radius 3 is 2.71 bits per heavy atom. The first-order chi connectivity index (χ1) is 10.3. The van der Waals surface area contributed by atoms with Crippen LogP contribution in [0.5, 0.6) is 0 Å². The normalized spacial score (nSPS) is 14.3. The van der Waals surface area contributed by atoms with E-state index in [1.54, 1.807) is 0 Å². The summed E-state index contributed by atoms with van der Waals surface area (Å²) in [5.41, 5.74) is 1.25. The number of hydrogen-bond acceptors (Lipinski definition) is 2. The van der Waals surface area contributed by atoms with Crippen molar-refractivity contribution in [2.24, 2.45) is 0 Å². The second-order valence-corrected chi connectivity index (χ2v) is 5.65. The van der Waals surface area contributed by atoms with E-state index in [2.05, 4.69) is 54.7 Å². The summed E-state index contributed by atoms with van der Waals surface area (Å²) >= 11 is 0. The number of rotatable bonds is 6. The van der Waals surface area contributed by atoms with Gasteiger partial charge in [0.15, 0.2) is 0 Å². The molecule has 21 heavy (non-hydrogen) atoms. The SMILES string of the molecule is CCN(C(=O)CNCc1cccc2ccccc12)C1CC1. The number of carbonyl (C=O) groups excluding carboxylic acids is 1. The predicted molar refractivity (Wildman–Crippen MR) is 86.1 cm³/mol. The summed E-state index contributed by atoms with van der Waals surface area (Å²) in [5.74, 6) is 0.222. The maximum absolute atomic E-state index is 12.2. The van der Waals surface area contributed by atoms with Gasteiger partial charge in [0.2, 0.25) is 5.91 Å². The summed E-state index contributed by atoms with van der Waals surface area (Å²) in [7, 11) is 0. The summed E-state index contributed by atoms with van der Waals surface area (Å²) in [6, 6.07) is 15.2. The second-order valence-electron chi connectivity index (χ2n) is 5.65. The van der Waals surface area contributed by atoms with Crippen LogP contribution in [0.25, 0.3) is 10.8 Å². The van der Waals surface area contributed by atoms with Crippen LogP contribution >= 0.6 is 0 Å². The van der Waals surface area contributed by atoms with E-state index in [4.69, 9.17) is 0 Å². The van der Waals surface area contributed by atoms with Gasteiger partial charge in [-0.25, -0.2) is 0 Å². The monoisotopic (exact) mass is 282 g/mol. The van der Waals surface area contributed by atoms with Gasteiger partial charge < -0.3 is 10.2 Å². The first kappa shape index (κ1) is 14.1. The van der Waals surface area contributed by atoms with E-state index in [1.165, 1.54) is 29.2 Å².